The molecule has 0 bridgehead atoms. The molecule has 0 unspecified atom stereocenters. The van der Waals surface area contributed by atoms with Crippen molar-refractivity contribution in [3.63, 3.8) is 0 Å². The largest absolute Gasteiger partial charge is 0.489 e. The summed E-state index contributed by atoms with van der Waals surface area (Å²) in [5, 5.41) is 0.289. The molecule has 0 radical (unpaired) electrons. The number of halogens is 2. The number of hydrogen-bond acceptors (Lipinski definition) is 3. The highest BCUT2D eigenvalue weighted by molar-refractivity contribution is 7.92. The quantitative estimate of drug-likeness (QED) is 0.615. The molecule has 0 atom stereocenters. The third-order valence-electron chi connectivity index (χ3n) is 3.85. The van der Waals surface area contributed by atoms with Gasteiger partial charge in [-0.05, 0) is 55.5 Å². The van der Waals surface area contributed by atoms with Crippen LogP contribution in [0.3, 0.4) is 0 Å². The van der Waals surface area contributed by atoms with Gasteiger partial charge in [0.1, 0.15) is 18.2 Å². The Morgan fingerprint density at radius 2 is 1.67 bits per heavy atom. The molecule has 3 rings (SSSR count). The fourth-order valence-corrected chi connectivity index (χ4v) is 3.63. The molecular formula is C20H17ClFNO3S. The Morgan fingerprint density at radius 3 is 2.30 bits per heavy atom. The summed E-state index contributed by atoms with van der Waals surface area (Å²) in [4.78, 5) is 0.194. The van der Waals surface area contributed by atoms with Crippen LogP contribution in [0.15, 0.2) is 71.6 Å². The zero-order valence-electron chi connectivity index (χ0n) is 14.4. The Bertz CT molecular complexity index is 1040. The maximum Gasteiger partial charge on any atom is 0.261 e. The van der Waals surface area contributed by atoms with Crippen molar-refractivity contribution < 1.29 is 17.5 Å². The van der Waals surface area contributed by atoms with E-state index in [9.17, 15) is 12.8 Å². The zero-order chi connectivity index (χ0) is 19.4. The van der Waals surface area contributed by atoms with Gasteiger partial charge in [-0.1, -0.05) is 35.4 Å². The molecule has 0 heterocycles. The number of sulfonamides is 1. The van der Waals surface area contributed by atoms with E-state index >= 15 is 0 Å². The molecule has 0 aliphatic carbocycles. The Balaban J connectivity index is 1.65. The van der Waals surface area contributed by atoms with Crippen LogP contribution in [-0.2, 0) is 16.6 Å². The summed E-state index contributed by atoms with van der Waals surface area (Å²) in [5.41, 5.74) is 2.06. The van der Waals surface area contributed by atoms with Gasteiger partial charge in [-0.15, -0.1) is 0 Å². The first kappa shape index (κ1) is 19.2. The highest BCUT2D eigenvalue weighted by atomic mass is 35.5. The summed E-state index contributed by atoms with van der Waals surface area (Å²) in [6.45, 7) is 2.06. The van der Waals surface area contributed by atoms with Crippen LogP contribution in [0.4, 0.5) is 10.1 Å². The Morgan fingerprint density at radius 1 is 1.00 bits per heavy atom. The van der Waals surface area contributed by atoms with Crippen molar-refractivity contribution in [3.8, 4) is 5.75 Å². The van der Waals surface area contributed by atoms with Gasteiger partial charge in [-0.25, -0.2) is 12.8 Å². The van der Waals surface area contributed by atoms with E-state index in [2.05, 4.69) is 4.72 Å². The van der Waals surface area contributed by atoms with Gasteiger partial charge in [0, 0.05) is 11.3 Å². The molecule has 0 aliphatic rings. The van der Waals surface area contributed by atoms with Gasteiger partial charge in [-0.2, -0.15) is 0 Å². The number of ether oxygens (including phenoxy) is 1. The number of anilines is 1. The molecular weight excluding hydrogens is 389 g/mol. The predicted octanol–water partition coefficient (Wildman–Crippen LogP) is 5.17. The van der Waals surface area contributed by atoms with Crippen LogP contribution in [0, 0.1) is 12.7 Å². The van der Waals surface area contributed by atoms with E-state index in [0.29, 0.717) is 17.0 Å². The first-order valence-electron chi connectivity index (χ1n) is 8.10. The fraction of sp³-hybridized carbons (Fsp3) is 0.100. The van der Waals surface area contributed by atoms with Crippen molar-refractivity contribution in [3.05, 3.63) is 88.7 Å². The SMILES string of the molecule is Cc1ccc(S(=O)(=O)Nc2ccc(OCc3ccc(F)cc3Cl)cc2)cc1. The average molecular weight is 406 g/mol. The van der Waals surface area contributed by atoms with Crippen LogP contribution < -0.4 is 9.46 Å². The molecule has 3 aromatic rings. The lowest BCUT2D eigenvalue weighted by Gasteiger charge is -2.11. The minimum absolute atomic E-state index is 0.174. The number of nitrogens with one attached hydrogen (secondary N) is 1. The average Bonchev–Trinajstić information content (AvgIpc) is 2.62. The maximum absolute atomic E-state index is 13.1. The molecule has 27 heavy (non-hydrogen) atoms. The minimum Gasteiger partial charge on any atom is -0.489 e. The predicted molar refractivity (Wildman–Crippen MR) is 104 cm³/mol. The van der Waals surface area contributed by atoms with Gasteiger partial charge in [0.05, 0.1) is 9.92 Å². The summed E-state index contributed by atoms with van der Waals surface area (Å²) in [6.07, 6.45) is 0. The second-order valence-electron chi connectivity index (χ2n) is 5.97. The summed E-state index contributed by atoms with van der Waals surface area (Å²) >= 11 is 5.96. The third-order valence-corrected chi connectivity index (χ3v) is 5.60. The zero-order valence-corrected chi connectivity index (χ0v) is 16.0. The maximum atomic E-state index is 13.1. The first-order chi connectivity index (χ1) is 12.8. The molecule has 3 aromatic carbocycles. The van der Waals surface area contributed by atoms with Crippen LogP contribution in [0.1, 0.15) is 11.1 Å². The van der Waals surface area contributed by atoms with Gasteiger partial charge < -0.3 is 4.74 Å². The number of aryl methyl sites for hydroxylation is 1. The summed E-state index contributed by atoms with van der Waals surface area (Å²) in [7, 11) is -3.65. The second-order valence-corrected chi connectivity index (χ2v) is 8.06. The van der Waals surface area contributed by atoms with E-state index in [0.717, 1.165) is 5.56 Å². The van der Waals surface area contributed by atoms with Crippen molar-refractivity contribution in [1.82, 2.24) is 0 Å². The lowest BCUT2D eigenvalue weighted by Crippen LogP contribution is -2.12. The lowest BCUT2D eigenvalue weighted by atomic mass is 10.2. The topological polar surface area (TPSA) is 55.4 Å². The van der Waals surface area contributed by atoms with Gasteiger partial charge in [0.2, 0.25) is 0 Å². The molecule has 0 spiro atoms. The molecule has 0 aliphatic heterocycles. The van der Waals surface area contributed by atoms with E-state index in [4.69, 9.17) is 16.3 Å². The van der Waals surface area contributed by atoms with Crippen LogP contribution in [0.2, 0.25) is 5.02 Å². The fourth-order valence-electron chi connectivity index (χ4n) is 2.35. The van der Waals surface area contributed by atoms with Gasteiger partial charge in [0.25, 0.3) is 10.0 Å². The van der Waals surface area contributed by atoms with Gasteiger partial charge in [-0.3, -0.25) is 4.72 Å². The van der Waals surface area contributed by atoms with Crippen molar-refractivity contribution in [2.24, 2.45) is 0 Å². The van der Waals surface area contributed by atoms with Crippen LogP contribution in [0.5, 0.6) is 5.75 Å². The van der Waals surface area contributed by atoms with Crippen molar-refractivity contribution in [1.29, 1.82) is 0 Å². The first-order valence-corrected chi connectivity index (χ1v) is 9.96. The smallest absolute Gasteiger partial charge is 0.261 e. The van der Waals surface area contributed by atoms with Gasteiger partial charge in [0.15, 0.2) is 0 Å². The number of hydrogen-bond donors (Lipinski definition) is 1. The van der Waals surface area contributed by atoms with Crippen LogP contribution >= 0.6 is 11.6 Å². The second kappa shape index (κ2) is 7.98. The van der Waals surface area contributed by atoms with E-state index in [1.807, 2.05) is 6.92 Å². The van der Waals surface area contributed by atoms with E-state index < -0.39 is 15.8 Å². The molecule has 0 amide bonds. The van der Waals surface area contributed by atoms with Crippen molar-refractivity contribution in [2.75, 3.05) is 4.72 Å². The molecule has 7 heteroatoms. The number of rotatable bonds is 6. The molecule has 4 nitrogen and oxygen atoms in total. The molecule has 0 saturated heterocycles. The summed E-state index contributed by atoms with van der Waals surface area (Å²) < 4.78 is 46.0. The highest BCUT2D eigenvalue weighted by Gasteiger charge is 2.13. The Labute approximate surface area is 162 Å². The molecule has 0 aromatic heterocycles. The van der Waals surface area contributed by atoms with Crippen LogP contribution in [0.25, 0.3) is 0 Å². The van der Waals surface area contributed by atoms with E-state index in [-0.39, 0.29) is 16.5 Å². The standard InChI is InChI=1S/C20H17ClFNO3S/c1-14-2-10-19(11-3-14)27(24,25)23-17-6-8-18(9-7-17)26-13-15-4-5-16(22)12-20(15)21/h2-12,23H,13H2,1H3. The lowest BCUT2D eigenvalue weighted by molar-refractivity contribution is 0.306. The monoisotopic (exact) mass is 405 g/mol. The van der Waals surface area contributed by atoms with E-state index in [1.54, 1.807) is 54.6 Å². The van der Waals surface area contributed by atoms with E-state index in [1.165, 1.54) is 12.1 Å². The molecule has 0 saturated carbocycles. The number of benzene rings is 3. The van der Waals surface area contributed by atoms with Crippen LogP contribution in [-0.4, -0.2) is 8.42 Å². The normalized spacial score (nSPS) is 11.2. The Kier molecular flexibility index (Phi) is 5.68. The highest BCUT2D eigenvalue weighted by Crippen LogP contribution is 2.22. The molecule has 1 N–H and O–H groups in total. The van der Waals surface area contributed by atoms with Crippen molar-refractivity contribution >= 4 is 27.3 Å². The Hall–Kier alpha value is -2.57. The van der Waals surface area contributed by atoms with Crippen molar-refractivity contribution in [2.45, 2.75) is 18.4 Å². The molecule has 140 valence electrons. The third kappa shape index (κ3) is 4.99. The summed E-state index contributed by atoms with van der Waals surface area (Å²) in [5.74, 6) is 0.127. The summed E-state index contributed by atoms with van der Waals surface area (Å²) in [6, 6.07) is 17.2. The minimum atomic E-state index is -3.65. The van der Waals surface area contributed by atoms with Gasteiger partial charge >= 0.3 is 0 Å². The molecule has 0 fully saturated rings.